The maximum Gasteiger partial charge on any atom is 0.255 e. The first-order chi connectivity index (χ1) is 25.5. The maximum absolute atomic E-state index is 14.1. The van der Waals surface area contributed by atoms with E-state index in [4.69, 9.17) is 21.3 Å². The lowest BCUT2D eigenvalue weighted by molar-refractivity contribution is -0.137. The third kappa shape index (κ3) is 5.67. The fourth-order valence-electron chi connectivity index (χ4n) is 8.53. The molecular weight excluding hydrogens is 714 g/mol. The minimum absolute atomic E-state index is 0.00239. The molecule has 2 saturated heterocycles. The monoisotopic (exact) mass is 751 g/mol. The van der Waals surface area contributed by atoms with Gasteiger partial charge in [0.1, 0.15) is 34.3 Å². The molecular formula is C39H38ClN7O5S. The molecule has 0 bridgehead atoms. The largest absolute Gasteiger partial charge is 0.487 e. The Kier molecular flexibility index (Phi) is 8.08. The lowest BCUT2D eigenvalue weighted by Crippen LogP contribution is -2.52. The van der Waals surface area contributed by atoms with Gasteiger partial charge in [0.05, 0.1) is 12.1 Å². The molecule has 1 N–H and O–H groups in total. The first-order valence-electron chi connectivity index (χ1n) is 18.1. The number of nitrogens with one attached hydrogen (secondary N) is 1. The Labute approximate surface area is 315 Å². The van der Waals surface area contributed by atoms with E-state index in [0.717, 1.165) is 57.2 Å². The summed E-state index contributed by atoms with van der Waals surface area (Å²) in [5, 5.41) is 13.0. The lowest BCUT2D eigenvalue weighted by Gasteiger charge is -2.44. The molecule has 2 aromatic carbocycles. The summed E-state index contributed by atoms with van der Waals surface area (Å²) in [5.74, 6) is 1.16. The number of hydrogen-bond donors (Lipinski definition) is 1. The third-order valence-electron chi connectivity index (χ3n) is 11.6. The van der Waals surface area contributed by atoms with E-state index in [9.17, 15) is 19.2 Å². The van der Waals surface area contributed by atoms with Crippen LogP contribution in [0.15, 0.2) is 41.4 Å². The summed E-state index contributed by atoms with van der Waals surface area (Å²) < 4.78 is 8.79. The van der Waals surface area contributed by atoms with Crippen LogP contribution in [0.25, 0.3) is 5.00 Å². The highest BCUT2D eigenvalue weighted by Crippen LogP contribution is 2.44. The molecule has 7 heterocycles. The molecule has 1 spiro atoms. The Bertz CT molecular complexity index is 2270. The number of benzene rings is 2. The van der Waals surface area contributed by atoms with Crippen molar-refractivity contribution in [2.24, 2.45) is 4.99 Å². The molecule has 5 aliphatic rings. The number of aliphatic imine (C=N–C) groups is 1. The highest BCUT2D eigenvalue weighted by Gasteiger charge is 2.44. The Morgan fingerprint density at radius 3 is 2.55 bits per heavy atom. The molecule has 2 aromatic heterocycles. The zero-order valence-electron chi connectivity index (χ0n) is 29.7. The number of carbonyl (C=O) groups excluding carboxylic acids is 4. The number of rotatable bonds is 4. The van der Waals surface area contributed by atoms with E-state index in [0.29, 0.717) is 61.1 Å². The van der Waals surface area contributed by atoms with Crippen LogP contribution < -0.4 is 10.1 Å². The quantitative estimate of drug-likeness (QED) is 0.278. The summed E-state index contributed by atoms with van der Waals surface area (Å²) in [6.45, 7) is 7.57. The van der Waals surface area contributed by atoms with Gasteiger partial charge in [0, 0.05) is 65.5 Å². The van der Waals surface area contributed by atoms with Gasteiger partial charge < -0.3 is 14.5 Å². The Morgan fingerprint density at radius 2 is 1.79 bits per heavy atom. The van der Waals surface area contributed by atoms with Crippen molar-refractivity contribution in [1.82, 2.24) is 29.9 Å². The van der Waals surface area contributed by atoms with Gasteiger partial charge >= 0.3 is 0 Å². The van der Waals surface area contributed by atoms with Crippen molar-refractivity contribution in [2.75, 3.05) is 13.1 Å². The van der Waals surface area contributed by atoms with Crippen LogP contribution in [0, 0.1) is 20.8 Å². The predicted octanol–water partition coefficient (Wildman–Crippen LogP) is 5.34. The predicted molar refractivity (Wildman–Crippen MR) is 198 cm³/mol. The van der Waals surface area contributed by atoms with Gasteiger partial charge in [-0.2, -0.15) is 0 Å². The molecule has 4 amide bonds. The Morgan fingerprint density at radius 1 is 1.02 bits per heavy atom. The van der Waals surface area contributed by atoms with Gasteiger partial charge in [-0.25, -0.2) is 0 Å². The average molecular weight is 752 g/mol. The summed E-state index contributed by atoms with van der Waals surface area (Å²) in [5.41, 5.74) is 5.95. The second-order valence-corrected chi connectivity index (χ2v) is 16.4. The highest BCUT2D eigenvalue weighted by atomic mass is 35.5. The van der Waals surface area contributed by atoms with Crippen LogP contribution in [-0.2, 0) is 27.3 Å². The first-order valence-corrected chi connectivity index (χ1v) is 19.3. The number of halogens is 1. The molecule has 0 aliphatic carbocycles. The van der Waals surface area contributed by atoms with Crippen LogP contribution >= 0.6 is 22.9 Å². The van der Waals surface area contributed by atoms with E-state index in [1.165, 1.54) is 4.88 Å². The maximum atomic E-state index is 14.1. The standard InChI is InChI=1S/C39H38ClN7O5S/c1-20-21(2)53-38-33(20)34(23-4-6-26(40)7-5-23)41-28(35-44-43-22(3)47(35)38)18-32(49)45-14-12-39(13-15-45)11-10-24-16-25-19-46(29-8-9-31(48)42-36(29)50)37(51)27(25)17-30(24)52-39/h4-7,16-17,28-29H,8-15,18-19H2,1-3H3,(H,42,48,50)/t28-,29?/m0/s1. The number of amides is 4. The van der Waals surface area contributed by atoms with Crippen LogP contribution in [0.4, 0.5) is 0 Å². The van der Waals surface area contributed by atoms with Crippen molar-refractivity contribution in [1.29, 1.82) is 0 Å². The van der Waals surface area contributed by atoms with E-state index < -0.39 is 23.6 Å². The number of hydrogen-bond acceptors (Lipinski definition) is 9. The number of aromatic nitrogens is 3. The smallest absolute Gasteiger partial charge is 0.255 e. The number of thiophene rings is 1. The van der Waals surface area contributed by atoms with E-state index in [1.807, 2.05) is 48.2 Å². The molecule has 14 heteroatoms. The topological polar surface area (TPSA) is 139 Å². The van der Waals surface area contributed by atoms with E-state index in [1.54, 1.807) is 16.2 Å². The fraction of sp³-hybridized carbons (Fsp3) is 0.410. The van der Waals surface area contributed by atoms with Crippen molar-refractivity contribution < 1.29 is 23.9 Å². The Hall–Kier alpha value is -4.88. The van der Waals surface area contributed by atoms with Crippen molar-refractivity contribution in [3.8, 4) is 10.8 Å². The number of ether oxygens (including phenoxy) is 1. The molecule has 12 nitrogen and oxygen atoms in total. The molecule has 53 heavy (non-hydrogen) atoms. The van der Waals surface area contributed by atoms with Gasteiger partial charge in [-0.3, -0.25) is 34.1 Å². The Balaban J connectivity index is 0.925. The second kappa shape index (κ2) is 12.6. The van der Waals surface area contributed by atoms with Crippen molar-refractivity contribution >= 4 is 52.3 Å². The minimum atomic E-state index is -0.659. The van der Waals surface area contributed by atoms with E-state index in [2.05, 4.69) is 33.9 Å². The number of nitrogens with zero attached hydrogens (tertiary/aromatic N) is 6. The van der Waals surface area contributed by atoms with Crippen LogP contribution in [0.2, 0.25) is 5.02 Å². The number of imide groups is 1. The lowest BCUT2D eigenvalue weighted by atomic mass is 9.82. The number of likely N-dealkylation sites (tertiary alicyclic amines) is 1. The zero-order chi connectivity index (χ0) is 36.8. The van der Waals surface area contributed by atoms with Crippen LogP contribution in [0.3, 0.4) is 0 Å². The number of fused-ring (bicyclic) bond motifs is 5. The summed E-state index contributed by atoms with van der Waals surface area (Å²) in [6, 6.07) is 10.3. The number of carbonyl (C=O) groups is 4. The SMILES string of the molecule is Cc1sc2c(c1C)C(c1ccc(Cl)cc1)=N[C@@H](CC(=O)N1CCC3(CCc4cc5c(cc4O3)C(=O)N(C3CCC(=O)NC3=O)C5)CC1)c1nnc(C)n1-2. The molecule has 9 rings (SSSR count). The van der Waals surface area contributed by atoms with Crippen LogP contribution in [0.5, 0.6) is 5.75 Å². The molecule has 0 saturated carbocycles. The van der Waals surface area contributed by atoms with Crippen molar-refractivity contribution in [3.63, 3.8) is 0 Å². The first kappa shape index (κ1) is 33.9. The van der Waals surface area contributed by atoms with E-state index in [-0.39, 0.29) is 30.6 Å². The molecule has 1 unspecified atom stereocenters. The summed E-state index contributed by atoms with van der Waals surface area (Å²) in [7, 11) is 0. The number of piperidine rings is 2. The highest BCUT2D eigenvalue weighted by molar-refractivity contribution is 7.15. The van der Waals surface area contributed by atoms with Crippen LogP contribution in [-0.4, -0.2) is 78.6 Å². The summed E-state index contributed by atoms with van der Waals surface area (Å²) >= 11 is 7.95. The van der Waals surface area contributed by atoms with Crippen molar-refractivity contribution in [2.45, 2.75) is 89.9 Å². The molecule has 0 radical (unpaired) electrons. The molecule has 272 valence electrons. The minimum Gasteiger partial charge on any atom is -0.487 e. The third-order valence-corrected chi connectivity index (χ3v) is 13.1. The van der Waals surface area contributed by atoms with Gasteiger partial charge in [-0.1, -0.05) is 23.7 Å². The van der Waals surface area contributed by atoms with Gasteiger partial charge in [0.2, 0.25) is 17.7 Å². The van der Waals surface area contributed by atoms with Gasteiger partial charge in [0.25, 0.3) is 5.91 Å². The molecule has 2 fully saturated rings. The molecule has 4 aromatic rings. The van der Waals surface area contributed by atoms with E-state index >= 15 is 0 Å². The summed E-state index contributed by atoms with van der Waals surface area (Å²) in [6.07, 6.45) is 3.63. The van der Waals surface area contributed by atoms with Crippen molar-refractivity contribution in [3.05, 3.63) is 91.3 Å². The van der Waals surface area contributed by atoms with Crippen LogP contribution in [0.1, 0.15) is 99.3 Å². The summed E-state index contributed by atoms with van der Waals surface area (Å²) in [4.78, 5) is 61.8. The van der Waals surface area contributed by atoms with Gasteiger partial charge in [0.15, 0.2) is 5.82 Å². The normalized spacial score (nSPS) is 21.7. The second-order valence-electron chi connectivity index (χ2n) is 14.8. The number of aryl methyl sites for hydroxylation is 3. The van der Waals surface area contributed by atoms with Gasteiger partial charge in [-0.05, 0) is 81.0 Å². The average Bonchev–Trinajstić information content (AvgIpc) is 3.74. The molecule has 5 aliphatic heterocycles. The van der Waals surface area contributed by atoms with Gasteiger partial charge in [-0.15, -0.1) is 21.5 Å². The molecule has 2 atom stereocenters. The zero-order valence-corrected chi connectivity index (χ0v) is 31.3. The fourth-order valence-corrected chi connectivity index (χ4v) is 9.87.